The Hall–Kier alpha value is -5.65. The third kappa shape index (κ3) is 28.6. The normalized spacial score (nSPS) is 34.9. The van der Waals surface area contributed by atoms with Gasteiger partial charge in [0.2, 0.25) is 11.8 Å². The molecule has 24 nitrogen and oxygen atoms in total. The predicted molar refractivity (Wildman–Crippen MR) is 342 cm³/mol. The lowest BCUT2D eigenvalue weighted by atomic mass is 9.82. The summed E-state index contributed by atoms with van der Waals surface area (Å²) < 4.78 is 24.6. The van der Waals surface area contributed by atoms with E-state index in [2.05, 4.69) is 16.0 Å². The van der Waals surface area contributed by atoms with E-state index in [0.29, 0.717) is 18.5 Å². The van der Waals surface area contributed by atoms with Gasteiger partial charge >= 0.3 is 5.97 Å². The number of amides is 2. The number of anilines is 1. The molecule has 0 spiro atoms. The Kier molecular flexibility index (Phi) is 34.0. The van der Waals surface area contributed by atoms with Gasteiger partial charge in [-0.3, -0.25) is 24.0 Å². The summed E-state index contributed by atoms with van der Waals surface area (Å²) >= 11 is 0. The van der Waals surface area contributed by atoms with E-state index in [1.807, 2.05) is 38.9 Å². The fourth-order valence-corrected chi connectivity index (χ4v) is 11.3. The fourth-order valence-electron chi connectivity index (χ4n) is 11.3. The van der Waals surface area contributed by atoms with E-state index >= 15 is 0 Å². The number of likely N-dealkylation sites (N-methyl/N-ethyl adjacent to an activating group) is 2. The van der Waals surface area contributed by atoms with Crippen LogP contribution in [0.5, 0.6) is 0 Å². The molecule has 24 heteroatoms. The largest absolute Gasteiger partial charge is 0.461 e. The van der Waals surface area contributed by atoms with Gasteiger partial charge in [-0.1, -0.05) is 98.9 Å². The van der Waals surface area contributed by atoms with E-state index < -0.39 is 178 Å². The van der Waals surface area contributed by atoms with E-state index in [1.54, 1.807) is 129 Å². The first-order valence-electron chi connectivity index (χ1n) is 31.5. The number of Topliss-reactive ketones (excluding diaryl/α,β-unsaturated/α-hetero) is 2. The van der Waals surface area contributed by atoms with Crippen molar-refractivity contribution in [3.8, 4) is 0 Å². The molecule has 510 valence electrons. The third-order valence-electron chi connectivity index (χ3n) is 16.0. The number of ether oxygens (including phenoxy) is 4. The summed E-state index contributed by atoms with van der Waals surface area (Å²) in [6.45, 7) is 5.81. The molecule has 3 aliphatic rings. The maximum absolute atomic E-state index is 14.0. The standard InChI is InChI=1S/C67H103N5O19/c1-42-21-19-17-15-13-11-9-10-12-14-16-18-20-22-54(89-66-63(85)61(62(84)44(3)88-66)70-58(82)41-72(7)8)38-57-60(65(86)69-29-30-71(5)6)56(81)40-67(87,91-57)39-53(79)35-51(77)33-49(75)31-48(74)32-50(76)34-52(78)37-59(83)90-64(42)43(2)23-28-47(73)36-55(80)45-24-26-46(68-4)27-25-45/h9-22,24-27,42-44,47-49,51-54,56-57,60-64,66,68,73-75,77-79,81,84-85,87H,23,28-41H2,1-8H3,(H,69,86)(H,70,82)/b10-9-,13-11-,14-12+,17-15+,18-16+,21-19+,22-20+/t42-,43-,44+,47?,48-,49+,51-,52-,53-,54-,56-,57-,60+,61-,62+,63-,64-,66-,67+/m0/s1. The van der Waals surface area contributed by atoms with Gasteiger partial charge in [0.25, 0.3) is 0 Å². The van der Waals surface area contributed by atoms with Crippen LogP contribution < -0.4 is 16.0 Å². The van der Waals surface area contributed by atoms with Gasteiger partial charge in [-0.25, -0.2) is 0 Å². The van der Waals surface area contributed by atoms with Crippen LogP contribution in [0.4, 0.5) is 5.69 Å². The fraction of sp³-hybridized carbons (Fsp3) is 0.627. The van der Waals surface area contributed by atoms with Crippen LogP contribution in [0.25, 0.3) is 0 Å². The topological polar surface area (TPSA) is 367 Å². The number of rotatable bonds is 17. The highest BCUT2D eigenvalue weighted by atomic mass is 16.7. The molecule has 1 aromatic carbocycles. The summed E-state index contributed by atoms with van der Waals surface area (Å²) in [6, 6.07) is 5.68. The number of benzene rings is 1. The van der Waals surface area contributed by atoms with E-state index in [9.17, 15) is 75.0 Å². The summed E-state index contributed by atoms with van der Waals surface area (Å²) in [7, 11) is 8.75. The van der Waals surface area contributed by atoms with Crippen molar-refractivity contribution in [3.05, 3.63) is 115 Å². The molecule has 0 aromatic heterocycles. The number of cyclic esters (lactones) is 1. The van der Waals surface area contributed by atoms with Crippen LogP contribution >= 0.6 is 0 Å². The third-order valence-corrected chi connectivity index (χ3v) is 16.0. The van der Waals surface area contributed by atoms with Crippen molar-refractivity contribution in [2.75, 3.05) is 60.2 Å². The molecule has 2 saturated heterocycles. The second kappa shape index (κ2) is 39.8. The molecule has 3 heterocycles. The molecule has 2 fully saturated rings. The van der Waals surface area contributed by atoms with Crippen molar-refractivity contribution in [2.24, 2.45) is 17.8 Å². The molecule has 1 aromatic rings. The van der Waals surface area contributed by atoms with E-state index in [0.717, 1.165) is 5.69 Å². The molecule has 91 heavy (non-hydrogen) atoms. The van der Waals surface area contributed by atoms with Crippen molar-refractivity contribution in [2.45, 2.75) is 195 Å². The average molecular weight is 1280 g/mol. The predicted octanol–water partition coefficient (Wildman–Crippen LogP) is 2.06. The van der Waals surface area contributed by atoms with Crippen LogP contribution in [-0.4, -0.2) is 243 Å². The molecular formula is C67H103N5O19. The van der Waals surface area contributed by atoms with Gasteiger partial charge in [-0.2, -0.15) is 0 Å². The van der Waals surface area contributed by atoms with E-state index in [4.69, 9.17) is 18.9 Å². The zero-order valence-corrected chi connectivity index (χ0v) is 53.9. The number of nitrogens with one attached hydrogen (secondary N) is 3. The van der Waals surface area contributed by atoms with Crippen LogP contribution in [0, 0.1) is 17.8 Å². The zero-order valence-electron chi connectivity index (χ0n) is 53.9. The van der Waals surface area contributed by atoms with Gasteiger partial charge in [-0.05, 0) is 97.4 Å². The summed E-state index contributed by atoms with van der Waals surface area (Å²) in [5, 5.41) is 121. The average Bonchev–Trinajstić information content (AvgIpc) is 0.818. The molecule has 0 radical (unpaired) electrons. The molecule has 19 atom stereocenters. The van der Waals surface area contributed by atoms with E-state index in [1.165, 1.54) is 6.92 Å². The van der Waals surface area contributed by atoms with Crippen LogP contribution in [0.1, 0.15) is 108 Å². The van der Waals surface area contributed by atoms with Crippen molar-refractivity contribution >= 4 is 35.0 Å². The van der Waals surface area contributed by atoms with Crippen molar-refractivity contribution in [1.29, 1.82) is 0 Å². The summed E-state index contributed by atoms with van der Waals surface area (Å²) in [4.78, 5) is 69.8. The Morgan fingerprint density at radius 2 is 1.27 bits per heavy atom. The van der Waals surface area contributed by atoms with Crippen LogP contribution in [0.3, 0.4) is 0 Å². The quantitative estimate of drug-likeness (QED) is 0.0784. The maximum Gasteiger partial charge on any atom is 0.308 e. The number of esters is 1. The highest BCUT2D eigenvalue weighted by molar-refractivity contribution is 5.96. The Labute approximate surface area is 535 Å². The second-order valence-electron chi connectivity index (χ2n) is 24.9. The number of fused-ring (bicyclic) bond motifs is 2. The number of carbonyl (C=O) groups excluding carboxylic acids is 5. The molecule has 3 aliphatic heterocycles. The highest BCUT2D eigenvalue weighted by Crippen LogP contribution is 2.38. The minimum Gasteiger partial charge on any atom is -0.461 e. The SMILES string of the molecule is CNc1ccc(C(=O)CC(O)CC[C@H](C)[C@H]2OC(=O)C[C@@H](O)CC(=O)C[C@@H](O)C[C@@H](O)C[C@H](O)C[C@H](O)C[C@]3(O)C[C@H](O)[C@@H](C(=O)NCCN(C)C)[C@H](C[C@@H](O[C@@H]4O[C@H](C)[C@@H](O)[C@H](NC(=O)CN(C)C)[C@@H]4O)/C=C/C=C/C=C/C=C\C=C/C=C/C=C/[C@@H]2C)O3)cc1. The first-order chi connectivity index (χ1) is 43.1. The molecule has 0 aliphatic carbocycles. The monoisotopic (exact) mass is 1280 g/mol. The van der Waals surface area contributed by atoms with Crippen molar-refractivity contribution in [3.63, 3.8) is 0 Å². The van der Waals surface area contributed by atoms with Gasteiger partial charge in [0, 0.05) is 75.8 Å². The van der Waals surface area contributed by atoms with Crippen molar-refractivity contribution in [1.82, 2.24) is 20.4 Å². The molecule has 2 bridgehead atoms. The Balaban J connectivity index is 1.62. The minimum atomic E-state index is -2.32. The number of hydrogen-bond acceptors (Lipinski definition) is 22. The lowest BCUT2D eigenvalue weighted by Gasteiger charge is -2.46. The molecule has 4 rings (SSSR count). The van der Waals surface area contributed by atoms with Gasteiger partial charge in [0.1, 0.15) is 24.1 Å². The minimum absolute atomic E-state index is 0.0513. The number of ketones is 2. The van der Waals surface area contributed by atoms with Gasteiger partial charge in [0.15, 0.2) is 17.9 Å². The highest BCUT2D eigenvalue weighted by Gasteiger charge is 2.51. The number of aliphatic hydroxyl groups is 10. The molecule has 13 N–H and O–H groups in total. The second-order valence-corrected chi connectivity index (χ2v) is 24.9. The number of allylic oxidation sites excluding steroid dienone is 12. The summed E-state index contributed by atoms with van der Waals surface area (Å²) in [5.74, 6) is -7.10. The lowest BCUT2D eigenvalue weighted by molar-refractivity contribution is -0.307. The Morgan fingerprint density at radius 3 is 1.87 bits per heavy atom. The summed E-state index contributed by atoms with van der Waals surface area (Å²) in [5.41, 5.74) is 1.30. The van der Waals surface area contributed by atoms with Gasteiger partial charge < -0.3 is 95.8 Å². The summed E-state index contributed by atoms with van der Waals surface area (Å²) in [6.07, 6.45) is 2.19. The maximum atomic E-state index is 14.0. The van der Waals surface area contributed by atoms with E-state index in [-0.39, 0.29) is 50.0 Å². The van der Waals surface area contributed by atoms with Gasteiger partial charge in [-0.15, -0.1) is 0 Å². The number of nitrogens with zero attached hydrogens (tertiary/aromatic N) is 2. The van der Waals surface area contributed by atoms with Crippen LogP contribution in [-0.2, 0) is 38.1 Å². The van der Waals surface area contributed by atoms with Gasteiger partial charge in [0.05, 0.1) is 86.0 Å². The molecular weight excluding hydrogens is 1180 g/mol. The van der Waals surface area contributed by atoms with Crippen molar-refractivity contribution < 1.29 is 94.0 Å². The Morgan fingerprint density at radius 1 is 0.703 bits per heavy atom. The Bertz CT molecular complexity index is 2610. The zero-order chi connectivity index (χ0) is 67.4. The molecule has 1 unspecified atom stereocenters. The van der Waals surface area contributed by atoms with Crippen LogP contribution in [0.2, 0.25) is 0 Å². The number of aliphatic hydroxyl groups excluding tert-OH is 9. The smallest absolute Gasteiger partial charge is 0.308 e. The first kappa shape index (κ1) is 77.8. The first-order valence-corrected chi connectivity index (χ1v) is 31.5. The molecule has 2 amide bonds. The number of carbonyl (C=O) groups is 5. The lowest BCUT2D eigenvalue weighted by Crippen LogP contribution is -2.64. The number of hydrogen-bond donors (Lipinski definition) is 13. The molecule has 0 saturated carbocycles. The van der Waals surface area contributed by atoms with Crippen LogP contribution in [0.15, 0.2) is 109 Å².